The van der Waals surface area contributed by atoms with Gasteiger partial charge < -0.3 is 5.32 Å². The van der Waals surface area contributed by atoms with E-state index in [0.29, 0.717) is 12.1 Å². The summed E-state index contributed by atoms with van der Waals surface area (Å²) in [5.74, 6) is 1.61. The molecule has 1 fully saturated rings. The Labute approximate surface area is 111 Å². The average molecular weight is 246 g/mol. The summed E-state index contributed by atoms with van der Waals surface area (Å²) in [5, 5.41) is 3.83. The van der Waals surface area contributed by atoms with Crippen LogP contribution in [-0.2, 0) is 0 Å². The van der Waals surface area contributed by atoms with Crippen LogP contribution in [0.1, 0.15) is 58.1 Å². The molecule has 3 atom stereocenters. The van der Waals surface area contributed by atoms with E-state index in [1.54, 1.807) is 0 Å². The lowest BCUT2D eigenvalue weighted by molar-refractivity contribution is 0.195. The molecule has 0 aromatic carbocycles. The summed E-state index contributed by atoms with van der Waals surface area (Å²) in [6, 6.07) is 5.27. The zero-order valence-corrected chi connectivity index (χ0v) is 11.9. The van der Waals surface area contributed by atoms with Gasteiger partial charge in [0.2, 0.25) is 0 Å². The number of hydrogen-bond donors (Lipinski definition) is 1. The van der Waals surface area contributed by atoms with E-state index in [9.17, 15) is 0 Å². The number of nitrogens with zero attached hydrogens (tertiary/aromatic N) is 1. The smallest absolute Gasteiger partial charge is 0.0315 e. The summed E-state index contributed by atoms with van der Waals surface area (Å²) < 4.78 is 0. The number of hydrogen-bond acceptors (Lipinski definition) is 2. The average Bonchev–Trinajstić information content (AvgIpc) is 2.40. The maximum absolute atomic E-state index is 4.21. The monoisotopic (exact) mass is 246 g/mol. The highest BCUT2D eigenvalue weighted by molar-refractivity contribution is 5.13. The van der Waals surface area contributed by atoms with Crippen molar-refractivity contribution in [3.63, 3.8) is 0 Å². The highest BCUT2D eigenvalue weighted by atomic mass is 15.0. The number of aromatic nitrogens is 1. The van der Waals surface area contributed by atoms with Crippen LogP contribution in [0.5, 0.6) is 0 Å². The van der Waals surface area contributed by atoms with Crippen LogP contribution in [-0.4, -0.2) is 11.0 Å². The van der Waals surface area contributed by atoms with Crippen molar-refractivity contribution in [2.24, 2.45) is 11.8 Å². The van der Waals surface area contributed by atoms with Crippen LogP contribution in [0.3, 0.4) is 0 Å². The van der Waals surface area contributed by atoms with E-state index >= 15 is 0 Å². The second-order valence-corrected chi connectivity index (χ2v) is 5.97. The fourth-order valence-electron chi connectivity index (χ4n) is 3.21. The van der Waals surface area contributed by atoms with Gasteiger partial charge in [-0.15, -0.1) is 0 Å². The molecule has 0 bridgehead atoms. The topological polar surface area (TPSA) is 24.9 Å². The van der Waals surface area contributed by atoms with Gasteiger partial charge in [-0.3, -0.25) is 4.98 Å². The lowest BCUT2D eigenvalue weighted by Crippen LogP contribution is -2.42. The molecule has 0 saturated heterocycles. The molecule has 1 aliphatic carbocycles. The van der Waals surface area contributed by atoms with Gasteiger partial charge in [0.05, 0.1) is 0 Å². The second kappa shape index (κ2) is 6.33. The molecule has 1 heterocycles. The summed E-state index contributed by atoms with van der Waals surface area (Å²) in [6.07, 6.45) is 9.31. The predicted octanol–water partition coefficient (Wildman–Crippen LogP) is 3.95. The third-order valence-electron chi connectivity index (χ3n) is 4.32. The lowest BCUT2D eigenvalue weighted by atomic mass is 9.77. The zero-order chi connectivity index (χ0) is 13.0. The van der Waals surface area contributed by atoms with Gasteiger partial charge in [-0.1, -0.05) is 32.8 Å². The molecule has 0 amide bonds. The lowest BCUT2D eigenvalue weighted by Gasteiger charge is -2.37. The maximum Gasteiger partial charge on any atom is 0.0315 e. The Kier molecular flexibility index (Phi) is 4.76. The van der Waals surface area contributed by atoms with E-state index in [-0.39, 0.29) is 0 Å². The predicted molar refractivity (Wildman–Crippen MR) is 76.4 cm³/mol. The third-order valence-corrected chi connectivity index (χ3v) is 4.32. The fraction of sp³-hybridized carbons (Fsp3) is 0.688. The molecule has 0 aliphatic heterocycles. The van der Waals surface area contributed by atoms with E-state index in [4.69, 9.17) is 0 Å². The van der Waals surface area contributed by atoms with E-state index in [2.05, 4.69) is 37.1 Å². The standard InChI is InChI=1S/C16H26N2/c1-12(2)15-8-4-5-9-16(15)18-13(3)14-7-6-10-17-11-14/h6-7,10-13,15-16,18H,4-5,8-9H2,1-3H3/t13-,15?,16?/m1/s1. The Morgan fingerprint density at radius 3 is 2.67 bits per heavy atom. The second-order valence-electron chi connectivity index (χ2n) is 5.97. The number of rotatable bonds is 4. The fourth-order valence-corrected chi connectivity index (χ4v) is 3.21. The molecule has 18 heavy (non-hydrogen) atoms. The van der Waals surface area contributed by atoms with Gasteiger partial charge in [0.25, 0.3) is 0 Å². The summed E-state index contributed by atoms with van der Waals surface area (Å²) in [7, 11) is 0. The van der Waals surface area contributed by atoms with E-state index < -0.39 is 0 Å². The maximum atomic E-state index is 4.21. The van der Waals surface area contributed by atoms with Crippen molar-refractivity contribution in [1.29, 1.82) is 0 Å². The van der Waals surface area contributed by atoms with E-state index in [0.717, 1.165) is 11.8 Å². The van der Waals surface area contributed by atoms with Gasteiger partial charge in [-0.2, -0.15) is 0 Å². The first-order chi connectivity index (χ1) is 8.68. The first kappa shape index (κ1) is 13.5. The molecule has 2 rings (SSSR count). The van der Waals surface area contributed by atoms with Gasteiger partial charge in [-0.25, -0.2) is 0 Å². The Hall–Kier alpha value is -0.890. The van der Waals surface area contributed by atoms with Gasteiger partial charge in [-0.05, 0) is 43.2 Å². The number of nitrogens with one attached hydrogen (secondary N) is 1. The Bertz CT molecular complexity index is 347. The van der Waals surface area contributed by atoms with Crippen LogP contribution in [0.4, 0.5) is 0 Å². The molecule has 2 heteroatoms. The molecule has 0 spiro atoms. The van der Waals surface area contributed by atoms with Crippen molar-refractivity contribution < 1.29 is 0 Å². The highest BCUT2D eigenvalue weighted by Gasteiger charge is 2.28. The van der Waals surface area contributed by atoms with Crippen molar-refractivity contribution in [3.05, 3.63) is 30.1 Å². The normalized spacial score (nSPS) is 26.2. The van der Waals surface area contributed by atoms with Crippen molar-refractivity contribution in [2.75, 3.05) is 0 Å². The highest BCUT2D eigenvalue weighted by Crippen LogP contribution is 2.31. The molecule has 1 aliphatic rings. The van der Waals surface area contributed by atoms with Crippen molar-refractivity contribution >= 4 is 0 Å². The zero-order valence-electron chi connectivity index (χ0n) is 11.9. The minimum Gasteiger partial charge on any atom is -0.307 e. The van der Waals surface area contributed by atoms with Gasteiger partial charge >= 0.3 is 0 Å². The van der Waals surface area contributed by atoms with Gasteiger partial charge in [0.15, 0.2) is 0 Å². The minimum absolute atomic E-state index is 0.406. The Morgan fingerprint density at radius 1 is 1.22 bits per heavy atom. The molecule has 100 valence electrons. The molecule has 1 saturated carbocycles. The Morgan fingerprint density at radius 2 is 2.00 bits per heavy atom. The van der Waals surface area contributed by atoms with E-state index in [1.165, 1.54) is 31.2 Å². The van der Waals surface area contributed by atoms with Crippen LogP contribution in [0.15, 0.2) is 24.5 Å². The summed E-state index contributed by atoms with van der Waals surface area (Å²) >= 11 is 0. The summed E-state index contributed by atoms with van der Waals surface area (Å²) in [6.45, 7) is 6.97. The quantitative estimate of drug-likeness (QED) is 0.870. The minimum atomic E-state index is 0.406. The Balaban J connectivity index is 1.99. The van der Waals surface area contributed by atoms with Crippen LogP contribution in [0.2, 0.25) is 0 Å². The first-order valence-corrected chi connectivity index (χ1v) is 7.34. The largest absolute Gasteiger partial charge is 0.307 e. The molecule has 2 nitrogen and oxygen atoms in total. The van der Waals surface area contributed by atoms with Crippen molar-refractivity contribution in [2.45, 2.75) is 58.5 Å². The molecular weight excluding hydrogens is 220 g/mol. The van der Waals surface area contributed by atoms with Crippen molar-refractivity contribution in [3.8, 4) is 0 Å². The van der Waals surface area contributed by atoms with Crippen molar-refractivity contribution in [1.82, 2.24) is 10.3 Å². The molecule has 2 unspecified atom stereocenters. The molecular formula is C16H26N2. The number of pyridine rings is 1. The molecule has 1 aromatic rings. The molecule has 1 N–H and O–H groups in total. The van der Waals surface area contributed by atoms with Crippen LogP contribution in [0.25, 0.3) is 0 Å². The van der Waals surface area contributed by atoms with Crippen LogP contribution >= 0.6 is 0 Å². The van der Waals surface area contributed by atoms with Crippen LogP contribution in [0, 0.1) is 11.8 Å². The van der Waals surface area contributed by atoms with Gasteiger partial charge in [0.1, 0.15) is 0 Å². The van der Waals surface area contributed by atoms with E-state index in [1.807, 2.05) is 18.5 Å². The van der Waals surface area contributed by atoms with Crippen LogP contribution < -0.4 is 5.32 Å². The summed E-state index contributed by atoms with van der Waals surface area (Å²) in [4.78, 5) is 4.21. The third kappa shape index (κ3) is 3.32. The van der Waals surface area contributed by atoms with Gasteiger partial charge in [0, 0.05) is 24.5 Å². The molecule has 1 aromatic heterocycles. The first-order valence-electron chi connectivity index (χ1n) is 7.34. The molecule has 0 radical (unpaired) electrons. The summed E-state index contributed by atoms with van der Waals surface area (Å²) in [5.41, 5.74) is 1.30. The SMILES string of the molecule is CC(C)C1CCCCC1N[C@H](C)c1cccnc1.